The number of amides is 2. The molecule has 2 amide bonds. The third kappa shape index (κ3) is 2.98. The summed E-state index contributed by atoms with van der Waals surface area (Å²) >= 11 is 11.9. The van der Waals surface area contributed by atoms with Crippen molar-refractivity contribution in [2.45, 2.75) is 0 Å². The smallest absolute Gasteiger partial charge is 0.264 e. The van der Waals surface area contributed by atoms with Crippen LogP contribution in [0.2, 0.25) is 10.0 Å². The van der Waals surface area contributed by atoms with Crippen molar-refractivity contribution in [1.29, 1.82) is 0 Å². The van der Waals surface area contributed by atoms with E-state index in [2.05, 4.69) is 5.32 Å². The average molecular weight is 351 g/mol. The van der Waals surface area contributed by atoms with Crippen LogP contribution in [0.5, 0.6) is 5.75 Å². The lowest BCUT2D eigenvalue weighted by Gasteiger charge is -2.27. The highest BCUT2D eigenvalue weighted by Crippen LogP contribution is 2.38. The molecule has 118 valence electrons. The zero-order valence-electron chi connectivity index (χ0n) is 12.1. The van der Waals surface area contributed by atoms with Gasteiger partial charge in [0.2, 0.25) is 0 Å². The van der Waals surface area contributed by atoms with Crippen molar-refractivity contribution in [2.24, 2.45) is 0 Å². The summed E-state index contributed by atoms with van der Waals surface area (Å²) in [6, 6.07) is 9.82. The number of nitrogens with one attached hydrogen (secondary N) is 1. The maximum atomic E-state index is 12.4. The van der Waals surface area contributed by atoms with Crippen LogP contribution in [0.4, 0.5) is 11.4 Å². The molecule has 0 aliphatic carbocycles. The van der Waals surface area contributed by atoms with Gasteiger partial charge in [-0.05, 0) is 30.3 Å². The number of carbonyl (C=O) groups is 2. The molecule has 7 heteroatoms. The van der Waals surface area contributed by atoms with Crippen molar-refractivity contribution >= 4 is 46.4 Å². The Balaban J connectivity index is 1.92. The highest BCUT2D eigenvalue weighted by atomic mass is 35.5. The second kappa shape index (κ2) is 6.10. The molecule has 0 atom stereocenters. The van der Waals surface area contributed by atoms with Gasteiger partial charge in [-0.3, -0.25) is 9.59 Å². The fourth-order valence-electron chi connectivity index (χ4n) is 2.27. The number of rotatable bonds is 2. The third-order valence-corrected chi connectivity index (χ3v) is 4.04. The Hall–Kier alpha value is -2.24. The lowest BCUT2D eigenvalue weighted by atomic mass is 10.1. The van der Waals surface area contributed by atoms with Crippen molar-refractivity contribution in [3.8, 4) is 5.75 Å². The van der Waals surface area contributed by atoms with Gasteiger partial charge in [-0.2, -0.15) is 0 Å². The van der Waals surface area contributed by atoms with Gasteiger partial charge in [0.15, 0.2) is 12.4 Å². The fraction of sp³-hybridized carbons (Fsp3) is 0.125. The molecule has 2 aromatic carbocycles. The molecule has 0 aromatic heterocycles. The van der Waals surface area contributed by atoms with Crippen LogP contribution in [-0.2, 0) is 4.79 Å². The van der Waals surface area contributed by atoms with Gasteiger partial charge in [0.05, 0.1) is 22.0 Å². The van der Waals surface area contributed by atoms with Gasteiger partial charge >= 0.3 is 0 Å². The van der Waals surface area contributed by atoms with Gasteiger partial charge in [0, 0.05) is 12.1 Å². The van der Waals surface area contributed by atoms with E-state index in [1.54, 1.807) is 37.4 Å². The van der Waals surface area contributed by atoms with Gasteiger partial charge in [-0.25, -0.2) is 0 Å². The van der Waals surface area contributed by atoms with Crippen molar-refractivity contribution in [3.63, 3.8) is 0 Å². The summed E-state index contributed by atoms with van der Waals surface area (Å²) in [7, 11) is 1.66. The fourth-order valence-corrected chi connectivity index (χ4v) is 2.76. The minimum Gasteiger partial charge on any atom is -0.479 e. The standard InChI is InChI=1S/C16H12Cl2N2O3/c1-20-13-4-2-3-12(15(13)23-8-14(20)21)19-16(22)10-6-5-9(17)7-11(10)18/h2-7H,8H2,1H3,(H,19,22). The van der Waals surface area contributed by atoms with Crippen LogP contribution in [-0.4, -0.2) is 25.5 Å². The number of hydrogen-bond acceptors (Lipinski definition) is 3. The van der Waals surface area contributed by atoms with Crippen molar-refractivity contribution in [3.05, 3.63) is 52.0 Å². The maximum Gasteiger partial charge on any atom is 0.264 e. The summed E-state index contributed by atoms with van der Waals surface area (Å²) in [5, 5.41) is 3.46. The summed E-state index contributed by atoms with van der Waals surface area (Å²) in [5.41, 5.74) is 1.37. The van der Waals surface area contributed by atoms with E-state index in [1.807, 2.05) is 0 Å². The van der Waals surface area contributed by atoms with E-state index in [4.69, 9.17) is 27.9 Å². The van der Waals surface area contributed by atoms with Crippen LogP contribution in [0.3, 0.4) is 0 Å². The Bertz CT molecular complexity index is 808. The second-order valence-corrected chi connectivity index (χ2v) is 5.82. The van der Waals surface area contributed by atoms with Gasteiger partial charge in [-0.1, -0.05) is 29.3 Å². The van der Waals surface area contributed by atoms with E-state index >= 15 is 0 Å². The Labute approximate surface area is 142 Å². The van der Waals surface area contributed by atoms with E-state index in [1.165, 1.54) is 11.0 Å². The molecule has 2 aromatic rings. The topological polar surface area (TPSA) is 58.6 Å². The van der Waals surface area contributed by atoms with Gasteiger partial charge in [-0.15, -0.1) is 0 Å². The van der Waals surface area contributed by atoms with Crippen LogP contribution in [0, 0.1) is 0 Å². The Morgan fingerprint density at radius 1 is 1.26 bits per heavy atom. The predicted molar refractivity (Wildman–Crippen MR) is 89.8 cm³/mol. The van der Waals surface area contributed by atoms with Gasteiger partial charge in [0.25, 0.3) is 11.8 Å². The quantitative estimate of drug-likeness (QED) is 0.899. The molecular formula is C16H12Cl2N2O3. The first-order valence-corrected chi connectivity index (χ1v) is 7.51. The Morgan fingerprint density at radius 2 is 2.04 bits per heavy atom. The first-order valence-electron chi connectivity index (χ1n) is 6.76. The van der Waals surface area contributed by atoms with Crippen molar-refractivity contribution < 1.29 is 14.3 Å². The number of fused-ring (bicyclic) bond motifs is 1. The summed E-state index contributed by atoms with van der Waals surface area (Å²) < 4.78 is 5.46. The molecule has 5 nitrogen and oxygen atoms in total. The molecule has 0 bridgehead atoms. The molecule has 1 aliphatic heterocycles. The maximum absolute atomic E-state index is 12.4. The third-order valence-electron chi connectivity index (χ3n) is 3.49. The molecule has 0 fully saturated rings. The van der Waals surface area contributed by atoms with Crippen LogP contribution < -0.4 is 15.0 Å². The van der Waals surface area contributed by atoms with E-state index in [0.717, 1.165) is 0 Å². The molecule has 0 saturated heterocycles. The molecule has 0 radical (unpaired) electrons. The number of likely N-dealkylation sites (N-methyl/N-ethyl adjacent to an activating group) is 1. The number of nitrogens with zero attached hydrogens (tertiary/aromatic N) is 1. The summed E-state index contributed by atoms with van der Waals surface area (Å²) in [5.74, 6) is -0.0852. The number of halogens is 2. The molecule has 0 spiro atoms. The normalized spacial score (nSPS) is 13.3. The lowest BCUT2D eigenvalue weighted by Crippen LogP contribution is -2.35. The van der Waals surface area contributed by atoms with Crippen LogP contribution in [0.15, 0.2) is 36.4 Å². The van der Waals surface area contributed by atoms with Crippen LogP contribution in [0.25, 0.3) is 0 Å². The van der Waals surface area contributed by atoms with Gasteiger partial charge < -0.3 is 15.0 Å². The zero-order chi connectivity index (χ0) is 16.6. The first kappa shape index (κ1) is 15.6. The van der Waals surface area contributed by atoms with E-state index in [-0.39, 0.29) is 23.4 Å². The molecule has 3 rings (SSSR count). The minimum atomic E-state index is -0.386. The van der Waals surface area contributed by atoms with E-state index in [9.17, 15) is 9.59 Å². The number of hydrogen-bond donors (Lipinski definition) is 1. The van der Waals surface area contributed by atoms with E-state index < -0.39 is 0 Å². The second-order valence-electron chi connectivity index (χ2n) is 4.97. The number of ether oxygens (including phenoxy) is 1. The molecule has 1 heterocycles. The lowest BCUT2D eigenvalue weighted by molar-refractivity contribution is -0.120. The SMILES string of the molecule is CN1C(=O)COc2c(NC(=O)c3ccc(Cl)cc3Cl)cccc21. The number of anilines is 2. The van der Waals surface area contributed by atoms with Crippen LogP contribution >= 0.6 is 23.2 Å². The molecule has 0 saturated carbocycles. The summed E-state index contributed by atoms with van der Waals surface area (Å²) in [4.78, 5) is 25.6. The van der Waals surface area contributed by atoms with Gasteiger partial charge in [0.1, 0.15) is 0 Å². The predicted octanol–water partition coefficient (Wildman–Crippen LogP) is 3.60. The highest BCUT2D eigenvalue weighted by molar-refractivity contribution is 6.37. The Morgan fingerprint density at radius 3 is 2.78 bits per heavy atom. The average Bonchev–Trinajstić information content (AvgIpc) is 2.51. The summed E-state index contributed by atoms with van der Waals surface area (Å²) in [6.07, 6.45) is 0. The molecule has 1 aliphatic rings. The molecule has 0 unspecified atom stereocenters. The highest BCUT2D eigenvalue weighted by Gasteiger charge is 2.25. The minimum absolute atomic E-state index is 0.0713. The van der Waals surface area contributed by atoms with Crippen LogP contribution in [0.1, 0.15) is 10.4 Å². The number of benzene rings is 2. The Kier molecular flexibility index (Phi) is 4.15. The van der Waals surface area contributed by atoms with Crippen molar-refractivity contribution in [2.75, 3.05) is 23.9 Å². The largest absolute Gasteiger partial charge is 0.479 e. The van der Waals surface area contributed by atoms with E-state index in [0.29, 0.717) is 27.7 Å². The number of para-hydroxylation sites is 1. The monoisotopic (exact) mass is 350 g/mol. The molecular weight excluding hydrogens is 339 g/mol. The zero-order valence-corrected chi connectivity index (χ0v) is 13.6. The summed E-state index contributed by atoms with van der Waals surface area (Å²) in [6.45, 7) is -0.0713. The van der Waals surface area contributed by atoms with Crippen molar-refractivity contribution in [1.82, 2.24) is 0 Å². The number of carbonyl (C=O) groups excluding carboxylic acids is 2. The molecule has 23 heavy (non-hydrogen) atoms. The molecule has 1 N–H and O–H groups in total. The first-order chi connectivity index (χ1) is 11.0.